The molecule has 1 fully saturated rings. The lowest BCUT2D eigenvalue weighted by atomic mass is 9.94. The summed E-state index contributed by atoms with van der Waals surface area (Å²) in [6.07, 6.45) is -0.488. The summed E-state index contributed by atoms with van der Waals surface area (Å²) in [6.45, 7) is 1.97. The van der Waals surface area contributed by atoms with Crippen LogP contribution in [-0.2, 0) is 10.3 Å². The minimum atomic E-state index is -0.679. The van der Waals surface area contributed by atoms with Gasteiger partial charge in [0.25, 0.3) is 0 Å². The summed E-state index contributed by atoms with van der Waals surface area (Å²) in [5, 5.41) is 2.92. The van der Waals surface area contributed by atoms with Crippen LogP contribution in [0.15, 0.2) is 18.2 Å². The molecule has 1 aliphatic heterocycles. The van der Waals surface area contributed by atoms with Crippen molar-refractivity contribution in [2.45, 2.75) is 12.5 Å². The first-order valence-corrected chi connectivity index (χ1v) is 4.79. The Morgan fingerprint density at radius 1 is 1.60 bits per heavy atom. The first-order chi connectivity index (χ1) is 7.01. The van der Waals surface area contributed by atoms with E-state index in [0.29, 0.717) is 5.56 Å². The number of benzene rings is 1. The highest BCUT2D eigenvalue weighted by atomic mass is 35.5. The van der Waals surface area contributed by atoms with Gasteiger partial charge in [-0.2, -0.15) is 0 Å². The van der Waals surface area contributed by atoms with Gasteiger partial charge in [0.2, 0.25) is 0 Å². The van der Waals surface area contributed by atoms with E-state index < -0.39 is 17.4 Å². The second-order valence-electron chi connectivity index (χ2n) is 3.66. The van der Waals surface area contributed by atoms with Crippen molar-refractivity contribution >= 4 is 17.7 Å². The monoisotopic (exact) mass is 229 g/mol. The first kappa shape index (κ1) is 10.2. The minimum Gasteiger partial charge on any atom is -0.447 e. The molecule has 0 bridgehead atoms. The summed E-state index contributed by atoms with van der Waals surface area (Å²) in [5.74, 6) is -0.405. The molecule has 1 atom stereocenters. The summed E-state index contributed by atoms with van der Waals surface area (Å²) in [5.41, 5.74) is -0.0292. The first-order valence-electron chi connectivity index (χ1n) is 4.42. The third kappa shape index (κ3) is 1.77. The van der Waals surface area contributed by atoms with Crippen LogP contribution in [0.25, 0.3) is 0 Å². The Kier molecular flexibility index (Phi) is 2.31. The molecule has 1 saturated heterocycles. The molecule has 0 aliphatic carbocycles. The third-order valence-electron chi connectivity index (χ3n) is 2.40. The number of amides is 1. The van der Waals surface area contributed by atoms with Crippen molar-refractivity contribution in [2.75, 3.05) is 6.61 Å². The molecule has 1 aromatic carbocycles. The van der Waals surface area contributed by atoms with E-state index in [4.69, 9.17) is 16.3 Å². The molecule has 0 saturated carbocycles. The van der Waals surface area contributed by atoms with E-state index in [2.05, 4.69) is 5.32 Å². The average Bonchev–Trinajstić information content (AvgIpc) is 2.46. The molecule has 1 aliphatic rings. The van der Waals surface area contributed by atoms with Crippen molar-refractivity contribution < 1.29 is 13.9 Å². The average molecular weight is 230 g/mol. The van der Waals surface area contributed by atoms with Crippen LogP contribution in [-0.4, -0.2) is 12.7 Å². The van der Waals surface area contributed by atoms with Gasteiger partial charge in [0, 0.05) is 5.02 Å². The Morgan fingerprint density at radius 3 is 2.87 bits per heavy atom. The van der Waals surface area contributed by atoms with Crippen molar-refractivity contribution in [3.63, 3.8) is 0 Å². The Hall–Kier alpha value is -1.29. The molecule has 1 heterocycles. The van der Waals surface area contributed by atoms with Gasteiger partial charge in [0.1, 0.15) is 18.0 Å². The van der Waals surface area contributed by atoms with Gasteiger partial charge >= 0.3 is 6.09 Å². The molecule has 1 amide bonds. The van der Waals surface area contributed by atoms with Crippen LogP contribution >= 0.6 is 11.6 Å². The lowest BCUT2D eigenvalue weighted by Gasteiger charge is -2.22. The van der Waals surface area contributed by atoms with Crippen LogP contribution in [0.4, 0.5) is 9.18 Å². The van der Waals surface area contributed by atoms with E-state index >= 15 is 0 Å². The normalized spacial score (nSPS) is 24.9. The molecule has 80 valence electrons. The quantitative estimate of drug-likeness (QED) is 0.803. The third-order valence-corrected chi connectivity index (χ3v) is 2.71. The van der Waals surface area contributed by atoms with Gasteiger partial charge in [-0.05, 0) is 24.6 Å². The Balaban J connectivity index is 2.41. The van der Waals surface area contributed by atoms with Crippen molar-refractivity contribution in [2.24, 2.45) is 0 Å². The van der Waals surface area contributed by atoms with Gasteiger partial charge in [-0.15, -0.1) is 0 Å². The second-order valence-corrected chi connectivity index (χ2v) is 4.06. The fraction of sp³-hybridized carbons (Fsp3) is 0.300. The smallest absolute Gasteiger partial charge is 0.408 e. The predicted octanol–water partition coefficient (Wildman–Crippen LogP) is 2.43. The van der Waals surface area contributed by atoms with Crippen molar-refractivity contribution in [3.8, 4) is 0 Å². The van der Waals surface area contributed by atoms with Crippen LogP contribution in [0.1, 0.15) is 12.5 Å². The van der Waals surface area contributed by atoms with E-state index in [1.54, 1.807) is 13.0 Å². The van der Waals surface area contributed by atoms with Gasteiger partial charge in [-0.1, -0.05) is 17.7 Å². The van der Waals surface area contributed by atoms with Crippen LogP contribution in [0, 0.1) is 5.82 Å². The number of carbonyl (C=O) groups is 1. The zero-order valence-corrected chi connectivity index (χ0v) is 8.77. The maximum Gasteiger partial charge on any atom is 0.408 e. The van der Waals surface area contributed by atoms with Gasteiger partial charge in [-0.25, -0.2) is 9.18 Å². The minimum absolute atomic E-state index is 0.192. The molecular formula is C10H9ClFNO2. The number of rotatable bonds is 1. The van der Waals surface area contributed by atoms with Crippen molar-refractivity contribution in [1.82, 2.24) is 5.32 Å². The lowest BCUT2D eigenvalue weighted by Crippen LogP contribution is -2.37. The number of halogens is 2. The summed E-state index contributed by atoms with van der Waals surface area (Å²) >= 11 is 5.90. The largest absolute Gasteiger partial charge is 0.447 e. The summed E-state index contributed by atoms with van der Waals surface area (Å²) in [6, 6.07) is 4.07. The van der Waals surface area contributed by atoms with Crippen LogP contribution in [0.5, 0.6) is 0 Å². The van der Waals surface area contributed by atoms with Crippen molar-refractivity contribution in [1.29, 1.82) is 0 Å². The van der Waals surface area contributed by atoms with Crippen LogP contribution in [0.2, 0.25) is 5.02 Å². The fourth-order valence-corrected chi connectivity index (χ4v) is 1.97. The molecule has 1 unspecified atom stereocenters. The van der Waals surface area contributed by atoms with E-state index in [0.717, 1.165) is 0 Å². The van der Waals surface area contributed by atoms with E-state index in [1.165, 1.54) is 12.1 Å². The van der Waals surface area contributed by atoms with Gasteiger partial charge in [0.15, 0.2) is 0 Å². The molecule has 1 aromatic rings. The number of hydrogen-bond donors (Lipinski definition) is 1. The fourth-order valence-electron chi connectivity index (χ4n) is 1.59. The highest BCUT2D eigenvalue weighted by molar-refractivity contribution is 6.31. The number of hydrogen-bond acceptors (Lipinski definition) is 2. The number of alkyl carbamates (subject to hydrolysis) is 1. The lowest BCUT2D eigenvalue weighted by molar-refractivity contribution is 0.173. The Bertz CT molecular complexity index is 424. The standard InChI is InChI=1S/C10H9ClFNO2/c1-10(5-15-9(14)13-10)7-3-2-6(12)4-8(7)11/h2-4H,5H2,1H3,(H,13,14). The topological polar surface area (TPSA) is 38.3 Å². The summed E-state index contributed by atoms with van der Waals surface area (Å²) in [7, 11) is 0. The van der Waals surface area contributed by atoms with Gasteiger partial charge in [0.05, 0.1) is 0 Å². The Morgan fingerprint density at radius 2 is 2.33 bits per heavy atom. The zero-order valence-electron chi connectivity index (χ0n) is 8.01. The number of nitrogens with one attached hydrogen (secondary N) is 1. The van der Waals surface area contributed by atoms with Gasteiger partial charge in [-0.3, -0.25) is 0 Å². The number of ether oxygens (including phenoxy) is 1. The highest BCUT2D eigenvalue weighted by Gasteiger charge is 2.38. The summed E-state index contributed by atoms with van der Waals surface area (Å²) in [4.78, 5) is 11.0. The number of cyclic esters (lactones) is 1. The molecular weight excluding hydrogens is 221 g/mol. The zero-order chi connectivity index (χ0) is 11.1. The maximum atomic E-state index is 12.8. The number of carbonyl (C=O) groups excluding carboxylic acids is 1. The van der Waals surface area contributed by atoms with Crippen LogP contribution in [0.3, 0.4) is 0 Å². The van der Waals surface area contributed by atoms with E-state index in [9.17, 15) is 9.18 Å². The second kappa shape index (κ2) is 3.38. The molecule has 0 aromatic heterocycles. The maximum absolute atomic E-state index is 12.8. The molecule has 2 rings (SSSR count). The van der Waals surface area contributed by atoms with Crippen molar-refractivity contribution in [3.05, 3.63) is 34.6 Å². The molecule has 15 heavy (non-hydrogen) atoms. The summed E-state index contributed by atoms with van der Waals surface area (Å²) < 4.78 is 17.6. The van der Waals surface area contributed by atoms with Crippen LogP contribution < -0.4 is 5.32 Å². The molecule has 5 heteroatoms. The van der Waals surface area contributed by atoms with Gasteiger partial charge < -0.3 is 10.1 Å². The highest BCUT2D eigenvalue weighted by Crippen LogP contribution is 2.31. The van der Waals surface area contributed by atoms with E-state index in [-0.39, 0.29) is 11.6 Å². The molecule has 0 spiro atoms. The molecule has 0 radical (unpaired) electrons. The molecule has 3 nitrogen and oxygen atoms in total. The Labute approximate surface area is 91.2 Å². The van der Waals surface area contributed by atoms with E-state index in [1.807, 2.05) is 0 Å². The molecule has 1 N–H and O–H groups in total. The predicted molar refractivity (Wildman–Crippen MR) is 53.2 cm³/mol. The SMILES string of the molecule is CC1(c2ccc(F)cc2Cl)COC(=O)N1.